The standard InChI is InChI=1S/C21H31FN4O3/c1-14(16-8-9-17(22)18(12-16)29-13-15-6-7-15)26-23-11-5-3-4-10-21(2)19(27)24-20(28)25-21/h8-9,12,14-15,23,26H,3-7,10-11,13H2,1-2H3,(H2,24,25,27,28). The predicted molar refractivity (Wildman–Crippen MR) is 108 cm³/mol. The molecule has 1 heterocycles. The highest BCUT2D eigenvalue weighted by Gasteiger charge is 2.40. The Morgan fingerprint density at radius 1 is 1.28 bits per heavy atom. The van der Waals surface area contributed by atoms with Crippen LogP contribution in [0.2, 0.25) is 0 Å². The van der Waals surface area contributed by atoms with Crippen LogP contribution in [0, 0.1) is 11.7 Å². The van der Waals surface area contributed by atoms with E-state index in [1.165, 1.54) is 18.9 Å². The molecular formula is C21H31FN4O3. The Bertz CT molecular complexity index is 741. The quantitative estimate of drug-likeness (QED) is 0.243. The third-order valence-electron chi connectivity index (χ3n) is 5.54. The van der Waals surface area contributed by atoms with Crippen molar-refractivity contribution in [3.05, 3.63) is 29.6 Å². The highest BCUT2D eigenvalue weighted by atomic mass is 19.1. The van der Waals surface area contributed by atoms with Crippen molar-refractivity contribution in [1.29, 1.82) is 0 Å². The molecule has 1 saturated heterocycles. The van der Waals surface area contributed by atoms with Crippen LogP contribution in [0.3, 0.4) is 0 Å². The second-order valence-electron chi connectivity index (χ2n) is 8.29. The molecule has 0 spiro atoms. The maximum Gasteiger partial charge on any atom is 0.322 e. The Kier molecular flexibility index (Phi) is 7.08. The van der Waals surface area contributed by atoms with Crippen molar-refractivity contribution >= 4 is 11.9 Å². The summed E-state index contributed by atoms with van der Waals surface area (Å²) in [6.07, 6.45) is 5.69. The van der Waals surface area contributed by atoms with Crippen molar-refractivity contribution in [3.63, 3.8) is 0 Å². The number of urea groups is 1. The van der Waals surface area contributed by atoms with E-state index in [4.69, 9.17) is 4.74 Å². The molecule has 1 aromatic carbocycles. The van der Waals surface area contributed by atoms with Gasteiger partial charge in [0.1, 0.15) is 5.54 Å². The minimum atomic E-state index is -0.793. The van der Waals surface area contributed by atoms with Crippen LogP contribution in [-0.4, -0.2) is 30.6 Å². The van der Waals surface area contributed by atoms with Crippen LogP contribution in [0.4, 0.5) is 9.18 Å². The van der Waals surface area contributed by atoms with Crippen LogP contribution < -0.4 is 26.2 Å². The van der Waals surface area contributed by atoms with E-state index in [0.29, 0.717) is 24.7 Å². The van der Waals surface area contributed by atoms with E-state index in [0.717, 1.165) is 31.4 Å². The molecule has 8 heteroatoms. The summed E-state index contributed by atoms with van der Waals surface area (Å²) in [5.74, 6) is 0.322. The Morgan fingerprint density at radius 2 is 2.07 bits per heavy atom. The van der Waals surface area contributed by atoms with Crippen molar-refractivity contribution < 1.29 is 18.7 Å². The summed E-state index contributed by atoms with van der Waals surface area (Å²) < 4.78 is 19.5. The summed E-state index contributed by atoms with van der Waals surface area (Å²) in [4.78, 5) is 23.0. The van der Waals surface area contributed by atoms with Gasteiger partial charge in [0.15, 0.2) is 11.6 Å². The lowest BCUT2D eigenvalue weighted by atomic mass is 9.95. The normalized spacial score (nSPS) is 22.3. The number of carbonyl (C=O) groups excluding carboxylic acids is 2. The number of imide groups is 1. The van der Waals surface area contributed by atoms with Gasteiger partial charge in [-0.1, -0.05) is 18.9 Å². The van der Waals surface area contributed by atoms with Gasteiger partial charge < -0.3 is 10.1 Å². The zero-order valence-corrected chi connectivity index (χ0v) is 17.1. The fraction of sp³-hybridized carbons (Fsp3) is 0.619. The highest BCUT2D eigenvalue weighted by molar-refractivity contribution is 6.06. The number of carbonyl (C=O) groups is 2. The largest absolute Gasteiger partial charge is 0.490 e. The van der Waals surface area contributed by atoms with E-state index >= 15 is 0 Å². The van der Waals surface area contributed by atoms with Gasteiger partial charge in [0.25, 0.3) is 5.91 Å². The lowest BCUT2D eigenvalue weighted by Crippen LogP contribution is -2.43. The molecule has 29 heavy (non-hydrogen) atoms. The van der Waals surface area contributed by atoms with Crippen LogP contribution in [0.25, 0.3) is 0 Å². The van der Waals surface area contributed by atoms with Gasteiger partial charge in [-0.05, 0) is 63.1 Å². The molecule has 0 bridgehead atoms. The molecule has 1 aliphatic heterocycles. The van der Waals surface area contributed by atoms with E-state index in [-0.39, 0.29) is 17.8 Å². The minimum absolute atomic E-state index is 0.00943. The first kappa shape index (κ1) is 21.5. The van der Waals surface area contributed by atoms with Crippen LogP contribution in [0.15, 0.2) is 18.2 Å². The lowest BCUT2D eigenvalue weighted by molar-refractivity contribution is -0.123. The number of ether oxygens (including phenoxy) is 1. The van der Waals surface area contributed by atoms with Crippen LogP contribution in [0.1, 0.15) is 64.0 Å². The maximum absolute atomic E-state index is 13.9. The van der Waals surface area contributed by atoms with Gasteiger partial charge in [-0.25, -0.2) is 9.18 Å². The number of benzene rings is 1. The van der Waals surface area contributed by atoms with Gasteiger partial charge >= 0.3 is 6.03 Å². The van der Waals surface area contributed by atoms with Crippen LogP contribution in [0.5, 0.6) is 5.75 Å². The molecule has 160 valence electrons. The number of amides is 3. The number of rotatable bonds is 12. The summed E-state index contributed by atoms with van der Waals surface area (Å²) in [6, 6.07) is 4.57. The zero-order valence-electron chi connectivity index (χ0n) is 17.1. The summed E-state index contributed by atoms with van der Waals surface area (Å²) >= 11 is 0. The van der Waals surface area contributed by atoms with Gasteiger partial charge in [0.05, 0.1) is 6.61 Å². The molecule has 2 atom stereocenters. The zero-order chi connectivity index (χ0) is 20.9. The van der Waals surface area contributed by atoms with Crippen molar-refractivity contribution in [1.82, 2.24) is 21.5 Å². The third kappa shape index (κ3) is 6.14. The van der Waals surface area contributed by atoms with E-state index in [1.807, 2.05) is 6.92 Å². The topological polar surface area (TPSA) is 91.5 Å². The Hall–Kier alpha value is -2.19. The third-order valence-corrected chi connectivity index (χ3v) is 5.54. The van der Waals surface area contributed by atoms with Crippen molar-refractivity contribution in [2.24, 2.45) is 5.92 Å². The number of nitrogens with one attached hydrogen (secondary N) is 4. The van der Waals surface area contributed by atoms with E-state index in [9.17, 15) is 14.0 Å². The van der Waals surface area contributed by atoms with Gasteiger partial charge in [-0.15, -0.1) is 0 Å². The van der Waals surface area contributed by atoms with E-state index in [2.05, 4.69) is 21.5 Å². The molecule has 0 radical (unpaired) electrons. The summed E-state index contributed by atoms with van der Waals surface area (Å²) in [7, 11) is 0. The molecule has 3 amide bonds. The molecule has 3 rings (SSSR count). The maximum atomic E-state index is 13.9. The van der Waals surface area contributed by atoms with Crippen LogP contribution >= 0.6 is 0 Å². The molecule has 2 aliphatic rings. The molecular weight excluding hydrogens is 375 g/mol. The molecule has 1 saturated carbocycles. The van der Waals surface area contributed by atoms with Crippen LogP contribution in [-0.2, 0) is 4.79 Å². The molecule has 1 aliphatic carbocycles. The lowest BCUT2D eigenvalue weighted by Gasteiger charge is -2.20. The molecule has 2 unspecified atom stereocenters. The van der Waals surface area contributed by atoms with Gasteiger partial charge in [0, 0.05) is 12.6 Å². The average molecular weight is 407 g/mol. The number of unbranched alkanes of at least 4 members (excludes halogenated alkanes) is 2. The first-order chi connectivity index (χ1) is 13.9. The Labute approximate surface area is 171 Å². The van der Waals surface area contributed by atoms with Crippen molar-refractivity contribution in [2.45, 2.75) is 64.0 Å². The van der Waals surface area contributed by atoms with Crippen molar-refractivity contribution in [2.75, 3.05) is 13.2 Å². The summed E-state index contributed by atoms with van der Waals surface area (Å²) in [5.41, 5.74) is 6.59. The molecule has 1 aromatic rings. The first-order valence-electron chi connectivity index (χ1n) is 10.4. The number of halogens is 1. The Balaban J connectivity index is 1.31. The predicted octanol–water partition coefficient (Wildman–Crippen LogP) is 2.93. The monoisotopic (exact) mass is 406 g/mol. The minimum Gasteiger partial charge on any atom is -0.490 e. The second-order valence-corrected chi connectivity index (χ2v) is 8.29. The second kappa shape index (κ2) is 9.54. The van der Waals surface area contributed by atoms with Gasteiger partial charge in [-0.3, -0.25) is 21.0 Å². The fourth-order valence-electron chi connectivity index (χ4n) is 3.33. The number of hydrogen-bond donors (Lipinski definition) is 4. The number of hydrogen-bond acceptors (Lipinski definition) is 5. The summed E-state index contributed by atoms with van der Waals surface area (Å²) in [6.45, 7) is 5.11. The van der Waals surface area contributed by atoms with Crippen molar-refractivity contribution in [3.8, 4) is 5.75 Å². The first-order valence-corrected chi connectivity index (χ1v) is 10.4. The molecule has 4 N–H and O–H groups in total. The van der Waals surface area contributed by atoms with Gasteiger partial charge in [-0.2, -0.15) is 0 Å². The smallest absolute Gasteiger partial charge is 0.322 e. The molecule has 7 nitrogen and oxygen atoms in total. The number of hydrazine groups is 1. The summed E-state index contributed by atoms with van der Waals surface area (Å²) in [5, 5.41) is 4.95. The fourth-order valence-corrected chi connectivity index (χ4v) is 3.33. The average Bonchev–Trinajstić information content (AvgIpc) is 3.46. The van der Waals surface area contributed by atoms with E-state index in [1.54, 1.807) is 19.1 Å². The molecule has 2 fully saturated rings. The molecule has 0 aromatic heterocycles. The SMILES string of the molecule is CC(NNCCCCCC1(C)NC(=O)NC1=O)c1ccc(F)c(OCC2CC2)c1. The highest BCUT2D eigenvalue weighted by Crippen LogP contribution is 2.31. The van der Waals surface area contributed by atoms with Gasteiger partial charge in [0.2, 0.25) is 0 Å². The Morgan fingerprint density at radius 3 is 2.76 bits per heavy atom. The van der Waals surface area contributed by atoms with E-state index < -0.39 is 11.6 Å².